The van der Waals surface area contributed by atoms with Crippen LogP contribution in [0.2, 0.25) is 0 Å². The number of amides is 2. The molecule has 146 valence electrons. The second-order valence-electron chi connectivity index (χ2n) is 6.66. The maximum Gasteiger partial charge on any atom is 0.258 e. The van der Waals surface area contributed by atoms with E-state index in [-0.39, 0.29) is 24.2 Å². The van der Waals surface area contributed by atoms with Gasteiger partial charge in [-0.3, -0.25) is 9.59 Å². The molecule has 28 heavy (non-hydrogen) atoms. The molecule has 0 saturated carbocycles. The van der Waals surface area contributed by atoms with Crippen LogP contribution in [-0.2, 0) is 16.0 Å². The van der Waals surface area contributed by atoms with Crippen LogP contribution in [0, 0.1) is 5.82 Å². The molecule has 1 aliphatic heterocycles. The number of carbonyl (C=O) groups is 2. The molecule has 3 rings (SSSR count). The molecular formula is C22H23FN2O3. The quantitative estimate of drug-likeness (QED) is 0.782. The van der Waals surface area contributed by atoms with Crippen LogP contribution in [0.15, 0.2) is 55.1 Å². The number of carbonyl (C=O) groups excluding carboxylic acids is 2. The lowest BCUT2D eigenvalue weighted by Gasteiger charge is -2.37. The minimum Gasteiger partial charge on any atom is -0.484 e. The van der Waals surface area contributed by atoms with Gasteiger partial charge in [0.15, 0.2) is 6.61 Å². The Kier molecular flexibility index (Phi) is 6.09. The van der Waals surface area contributed by atoms with Crippen molar-refractivity contribution in [2.45, 2.75) is 19.4 Å². The number of halogens is 1. The standard InChI is InChI=1S/C22H23FN2O3/c1-3-10-24-21(27)14-28-19-8-7-16-9-11-25(15(2)26)22(20(16)13-19)17-5-4-6-18(23)12-17/h3-8,12-13,22H,1,9-11,14H2,2H3,(H,24,27). The van der Waals surface area contributed by atoms with Gasteiger partial charge in [0.25, 0.3) is 5.91 Å². The van der Waals surface area contributed by atoms with Crippen molar-refractivity contribution in [1.82, 2.24) is 10.2 Å². The average molecular weight is 382 g/mol. The maximum atomic E-state index is 13.8. The summed E-state index contributed by atoms with van der Waals surface area (Å²) in [5, 5.41) is 2.65. The summed E-state index contributed by atoms with van der Waals surface area (Å²) in [5.74, 6) is -0.140. The lowest BCUT2D eigenvalue weighted by Crippen LogP contribution is -2.39. The Hall–Kier alpha value is -3.15. The highest BCUT2D eigenvalue weighted by molar-refractivity contribution is 5.77. The minimum absolute atomic E-state index is 0.0740. The lowest BCUT2D eigenvalue weighted by molar-refractivity contribution is -0.130. The smallest absolute Gasteiger partial charge is 0.258 e. The van der Waals surface area contributed by atoms with Crippen molar-refractivity contribution in [2.75, 3.05) is 19.7 Å². The molecule has 1 unspecified atom stereocenters. The third-order valence-electron chi connectivity index (χ3n) is 4.73. The Bertz CT molecular complexity index is 897. The first-order valence-corrected chi connectivity index (χ1v) is 9.15. The first-order valence-electron chi connectivity index (χ1n) is 9.15. The van der Waals surface area contributed by atoms with E-state index in [0.717, 1.165) is 11.1 Å². The largest absolute Gasteiger partial charge is 0.484 e. The van der Waals surface area contributed by atoms with E-state index in [9.17, 15) is 14.0 Å². The molecule has 6 heteroatoms. The second kappa shape index (κ2) is 8.69. The number of hydrogen-bond donors (Lipinski definition) is 1. The number of benzene rings is 2. The lowest BCUT2D eigenvalue weighted by atomic mass is 9.88. The highest BCUT2D eigenvalue weighted by atomic mass is 19.1. The van der Waals surface area contributed by atoms with Gasteiger partial charge in [-0.25, -0.2) is 4.39 Å². The third-order valence-corrected chi connectivity index (χ3v) is 4.73. The van der Waals surface area contributed by atoms with Gasteiger partial charge in [-0.15, -0.1) is 6.58 Å². The molecule has 2 aromatic rings. The van der Waals surface area contributed by atoms with Crippen LogP contribution in [0.25, 0.3) is 0 Å². The Morgan fingerprint density at radius 1 is 1.32 bits per heavy atom. The van der Waals surface area contributed by atoms with Crippen LogP contribution < -0.4 is 10.1 Å². The van der Waals surface area contributed by atoms with Gasteiger partial charge in [-0.2, -0.15) is 0 Å². The molecule has 2 aromatic carbocycles. The van der Waals surface area contributed by atoms with Crippen molar-refractivity contribution in [3.05, 3.63) is 77.6 Å². The Labute approximate surface area is 163 Å². The van der Waals surface area contributed by atoms with E-state index in [2.05, 4.69) is 11.9 Å². The van der Waals surface area contributed by atoms with Gasteiger partial charge in [0.05, 0.1) is 6.04 Å². The van der Waals surface area contributed by atoms with E-state index >= 15 is 0 Å². The van der Waals surface area contributed by atoms with E-state index in [4.69, 9.17) is 4.74 Å². The van der Waals surface area contributed by atoms with Crippen molar-refractivity contribution < 1.29 is 18.7 Å². The van der Waals surface area contributed by atoms with Gasteiger partial charge < -0.3 is 15.0 Å². The molecule has 0 saturated heterocycles. The minimum atomic E-state index is -0.393. The van der Waals surface area contributed by atoms with E-state index in [1.165, 1.54) is 19.1 Å². The molecule has 0 fully saturated rings. The summed E-state index contributed by atoms with van der Waals surface area (Å²) in [7, 11) is 0. The number of nitrogens with one attached hydrogen (secondary N) is 1. The molecule has 1 atom stereocenters. The second-order valence-corrected chi connectivity index (χ2v) is 6.66. The van der Waals surface area contributed by atoms with Gasteiger partial charge in [0, 0.05) is 20.0 Å². The molecule has 0 spiro atoms. The summed E-state index contributed by atoms with van der Waals surface area (Å²) in [5.41, 5.74) is 2.67. The zero-order valence-electron chi connectivity index (χ0n) is 15.8. The van der Waals surface area contributed by atoms with Crippen LogP contribution in [0.4, 0.5) is 4.39 Å². The fourth-order valence-electron chi connectivity index (χ4n) is 3.44. The Balaban J connectivity index is 1.91. The maximum absolute atomic E-state index is 13.8. The molecular weight excluding hydrogens is 359 g/mol. The predicted molar refractivity (Wildman–Crippen MR) is 104 cm³/mol. The van der Waals surface area contributed by atoms with E-state index in [1.807, 2.05) is 24.3 Å². The predicted octanol–water partition coefficient (Wildman–Crippen LogP) is 3.00. The van der Waals surface area contributed by atoms with Crippen LogP contribution in [0.1, 0.15) is 29.7 Å². The molecule has 1 aliphatic rings. The summed E-state index contributed by atoms with van der Waals surface area (Å²) in [6.45, 7) is 5.89. The molecule has 0 radical (unpaired) electrons. The van der Waals surface area contributed by atoms with Crippen molar-refractivity contribution in [1.29, 1.82) is 0 Å². The van der Waals surface area contributed by atoms with Gasteiger partial charge in [0.2, 0.25) is 5.91 Å². The summed E-state index contributed by atoms with van der Waals surface area (Å²) in [6.07, 6.45) is 2.30. The van der Waals surface area contributed by atoms with Crippen LogP contribution >= 0.6 is 0 Å². The first-order chi connectivity index (χ1) is 13.5. The summed E-state index contributed by atoms with van der Waals surface area (Å²) < 4.78 is 19.4. The van der Waals surface area contributed by atoms with E-state index in [1.54, 1.807) is 17.0 Å². The number of ether oxygens (including phenoxy) is 1. The zero-order valence-corrected chi connectivity index (χ0v) is 15.8. The topological polar surface area (TPSA) is 58.6 Å². The fourth-order valence-corrected chi connectivity index (χ4v) is 3.44. The SMILES string of the molecule is C=CCNC(=O)COc1ccc2c(c1)C(c1cccc(F)c1)N(C(C)=O)CC2. The highest BCUT2D eigenvalue weighted by Gasteiger charge is 2.31. The molecule has 0 aromatic heterocycles. The van der Waals surface area contributed by atoms with Gasteiger partial charge >= 0.3 is 0 Å². The molecule has 0 aliphatic carbocycles. The third kappa shape index (κ3) is 4.39. The monoisotopic (exact) mass is 382 g/mol. The number of rotatable bonds is 6. The number of fused-ring (bicyclic) bond motifs is 1. The van der Waals surface area contributed by atoms with Crippen LogP contribution in [0.3, 0.4) is 0 Å². The van der Waals surface area contributed by atoms with E-state index < -0.39 is 6.04 Å². The fraction of sp³-hybridized carbons (Fsp3) is 0.273. The summed E-state index contributed by atoms with van der Waals surface area (Å²) in [4.78, 5) is 25.7. The van der Waals surface area contributed by atoms with Gasteiger partial charge in [-0.1, -0.05) is 24.3 Å². The average Bonchev–Trinajstić information content (AvgIpc) is 2.69. The Morgan fingerprint density at radius 3 is 2.86 bits per heavy atom. The molecule has 0 bridgehead atoms. The molecule has 5 nitrogen and oxygen atoms in total. The summed E-state index contributed by atoms with van der Waals surface area (Å²) >= 11 is 0. The highest BCUT2D eigenvalue weighted by Crippen LogP contribution is 2.37. The van der Waals surface area contributed by atoms with Crippen LogP contribution in [0.5, 0.6) is 5.75 Å². The zero-order chi connectivity index (χ0) is 20.1. The molecule has 1 N–H and O–H groups in total. The van der Waals surface area contributed by atoms with Crippen molar-refractivity contribution in [2.24, 2.45) is 0 Å². The van der Waals surface area contributed by atoms with Crippen LogP contribution in [-0.4, -0.2) is 36.4 Å². The first kappa shape index (κ1) is 19.6. The molecule has 1 heterocycles. The normalized spacial score (nSPS) is 15.5. The number of hydrogen-bond acceptors (Lipinski definition) is 3. The molecule has 2 amide bonds. The Morgan fingerprint density at radius 2 is 2.14 bits per heavy atom. The van der Waals surface area contributed by atoms with E-state index in [0.29, 0.717) is 30.8 Å². The van der Waals surface area contributed by atoms with Gasteiger partial charge in [-0.05, 0) is 47.4 Å². The van der Waals surface area contributed by atoms with Crippen molar-refractivity contribution in [3.8, 4) is 5.75 Å². The van der Waals surface area contributed by atoms with Crippen molar-refractivity contribution in [3.63, 3.8) is 0 Å². The number of nitrogens with zero attached hydrogens (tertiary/aromatic N) is 1. The van der Waals surface area contributed by atoms with Gasteiger partial charge in [0.1, 0.15) is 11.6 Å². The summed E-state index contributed by atoms with van der Waals surface area (Å²) in [6, 6.07) is 11.5. The van der Waals surface area contributed by atoms with Crippen molar-refractivity contribution >= 4 is 11.8 Å².